The van der Waals surface area contributed by atoms with Gasteiger partial charge in [0, 0.05) is 24.8 Å². The highest BCUT2D eigenvalue weighted by atomic mass is 15.1. The molecular formula is C14H19N3. The molecule has 0 atom stereocenters. The summed E-state index contributed by atoms with van der Waals surface area (Å²) in [6.07, 6.45) is 5.81. The summed E-state index contributed by atoms with van der Waals surface area (Å²) >= 11 is 0. The number of aromatic nitrogens is 1. The minimum absolute atomic E-state index is 0.569. The third kappa shape index (κ3) is 3.04. The summed E-state index contributed by atoms with van der Waals surface area (Å²) in [5, 5.41) is 9.01. The van der Waals surface area contributed by atoms with Crippen LogP contribution < -0.4 is 0 Å². The van der Waals surface area contributed by atoms with Crippen molar-refractivity contribution < 1.29 is 0 Å². The topological polar surface area (TPSA) is 39.9 Å². The van der Waals surface area contributed by atoms with Crippen molar-refractivity contribution in [1.82, 2.24) is 9.88 Å². The van der Waals surface area contributed by atoms with E-state index in [-0.39, 0.29) is 0 Å². The first-order valence-corrected chi connectivity index (χ1v) is 6.39. The van der Waals surface area contributed by atoms with Crippen LogP contribution in [0.1, 0.15) is 37.4 Å². The maximum absolute atomic E-state index is 9.01. The summed E-state index contributed by atoms with van der Waals surface area (Å²) in [5.41, 5.74) is 1.62. The van der Waals surface area contributed by atoms with E-state index in [1.807, 2.05) is 12.1 Å². The van der Waals surface area contributed by atoms with Crippen LogP contribution in [-0.4, -0.2) is 23.0 Å². The second-order valence-corrected chi connectivity index (χ2v) is 4.75. The Morgan fingerprint density at radius 3 is 2.94 bits per heavy atom. The first-order chi connectivity index (χ1) is 8.33. The van der Waals surface area contributed by atoms with Crippen molar-refractivity contribution in [2.24, 2.45) is 5.92 Å². The smallest absolute Gasteiger partial charge is 0.144 e. The summed E-state index contributed by atoms with van der Waals surface area (Å²) in [5.74, 6) is 0.872. The maximum atomic E-state index is 9.01. The van der Waals surface area contributed by atoms with Gasteiger partial charge in [0.1, 0.15) is 11.8 Å². The fourth-order valence-electron chi connectivity index (χ4n) is 2.25. The van der Waals surface area contributed by atoms with Crippen LogP contribution in [0.4, 0.5) is 0 Å². The Kier molecular flexibility index (Phi) is 4.11. The van der Waals surface area contributed by atoms with Gasteiger partial charge < -0.3 is 0 Å². The van der Waals surface area contributed by atoms with Gasteiger partial charge in [0.2, 0.25) is 0 Å². The zero-order chi connectivity index (χ0) is 12.1. The standard InChI is InChI=1S/C14H19N3/c1-2-17(10-12-5-3-6-12)11-13-7-4-8-16-14(13)9-15/h4,7-8,12H,2-3,5-6,10-11H2,1H3. The molecule has 1 aliphatic rings. The van der Waals surface area contributed by atoms with E-state index in [1.165, 1.54) is 19.3 Å². The molecule has 1 heterocycles. The van der Waals surface area contributed by atoms with E-state index >= 15 is 0 Å². The minimum atomic E-state index is 0.569. The predicted octanol–water partition coefficient (Wildman–Crippen LogP) is 2.58. The fourth-order valence-corrected chi connectivity index (χ4v) is 2.25. The van der Waals surface area contributed by atoms with E-state index in [1.54, 1.807) is 6.20 Å². The zero-order valence-electron chi connectivity index (χ0n) is 10.4. The van der Waals surface area contributed by atoms with Gasteiger partial charge in [0.15, 0.2) is 0 Å². The van der Waals surface area contributed by atoms with Gasteiger partial charge in [0.25, 0.3) is 0 Å². The first kappa shape index (κ1) is 12.1. The lowest BCUT2D eigenvalue weighted by Gasteiger charge is -2.31. The van der Waals surface area contributed by atoms with E-state index in [4.69, 9.17) is 5.26 Å². The number of nitriles is 1. The number of rotatable bonds is 5. The Morgan fingerprint density at radius 1 is 1.53 bits per heavy atom. The van der Waals surface area contributed by atoms with Crippen LogP contribution >= 0.6 is 0 Å². The molecule has 0 spiro atoms. The van der Waals surface area contributed by atoms with Crippen molar-refractivity contribution in [3.05, 3.63) is 29.6 Å². The molecule has 1 aliphatic carbocycles. The Bertz CT molecular complexity index is 404. The van der Waals surface area contributed by atoms with Crippen molar-refractivity contribution in [1.29, 1.82) is 5.26 Å². The average molecular weight is 229 g/mol. The van der Waals surface area contributed by atoms with Gasteiger partial charge in [-0.1, -0.05) is 19.4 Å². The van der Waals surface area contributed by atoms with Crippen molar-refractivity contribution >= 4 is 0 Å². The van der Waals surface area contributed by atoms with Crippen LogP contribution in [0.3, 0.4) is 0 Å². The maximum Gasteiger partial charge on any atom is 0.144 e. The van der Waals surface area contributed by atoms with Crippen molar-refractivity contribution in [3.63, 3.8) is 0 Å². The number of hydrogen-bond acceptors (Lipinski definition) is 3. The summed E-state index contributed by atoms with van der Waals surface area (Å²) in [7, 11) is 0. The Hall–Kier alpha value is -1.40. The lowest BCUT2D eigenvalue weighted by Crippen LogP contribution is -2.32. The third-order valence-electron chi connectivity index (χ3n) is 3.58. The Labute approximate surface area is 103 Å². The molecule has 0 aliphatic heterocycles. The van der Waals surface area contributed by atoms with Crippen LogP contribution in [-0.2, 0) is 6.54 Å². The van der Waals surface area contributed by atoms with E-state index in [9.17, 15) is 0 Å². The van der Waals surface area contributed by atoms with Gasteiger partial charge in [-0.2, -0.15) is 5.26 Å². The molecule has 0 bridgehead atoms. The zero-order valence-corrected chi connectivity index (χ0v) is 10.4. The van der Waals surface area contributed by atoms with Gasteiger partial charge in [0.05, 0.1) is 0 Å². The van der Waals surface area contributed by atoms with Crippen LogP contribution in [0.25, 0.3) is 0 Å². The van der Waals surface area contributed by atoms with Crippen molar-refractivity contribution in [2.45, 2.75) is 32.7 Å². The van der Waals surface area contributed by atoms with Crippen LogP contribution in [0.15, 0.2) is 18.3 Å². The molecule has 2 rings (SSSR count). The van der Waals surface area contributed by atoms with E-state index in [2.05, 4.69) is 22.9 Å². The molecule has 1 aromatic heterocycles. The van der Waals surface area contributed by atoms with Crippen LogP contribution in [0.5, 0.6) is 0 Å². The highest BCUT2D eigenvalue weighted by Gasteiger charge is 2.20. The highest BCUT2D eigenvalue weighted by Crippen LogP contribution is 2.27. The molecule has 0 unspecified atom stereocenters. The molecule has 17 heavy (non-hydrogen) atoms. The fraction of sp³-hybridized carbons (Fsp3) is 0.571. The largest absolute Gasteiger partial charge is 0.299 e. The van der Waals surface area contributed by atoms with Gasteiger partial charge in [-0.15, -0.1) is 0 Å². The second-order valence-electron chi connectivity index (χ2n) is 4.75. The number of nitrogens with zero attached hydrogens (tertiary/aromatic N) is 3. The lowest BCUT2D eigenvalue weighted by molar-refractivity contribution is 0.178. The third-order valence-corrected chi connectivity index (χ3v) is 3.58. The molecule has 90 valence electrons. The van der Waals surface area contributed by atoms with Crippen molar-refractivity contribution in [3.8, 4) is 6.07 Å². The number of pyridine rings is 1. The van der Waals surface area contributed by atoms with Crippen molar-refractivity contribution in [2.75, 3.05) is 13.1 Å². The molecule has 0 saturated heterocycles. The SMILES string of the molecule is CCN(Cc1cccnc1C#N)CC1CCC1. The van der Waals surface area contributed by atoms with E-state index < -0.39 is 0 Å². The highest BCUT2D eigenvalue weighted by molar-refractivity contribution is 5.30. The average Bonchev–Trinajstić information content (AvgIpc) is 2.32. The van der Waals surface area contributed by atoms with E-state index in [0.717, 1.165) is 31.1 Å². The molecule has 3 nitrogen and oxygen atoms in total. The monoisotopic (exact) mass is 229 g/mol. The molecule has 0 amide bonds. The molecule has 1 fully saturated rings. The quantitative estimate of drug-likeness (QED) is 0.779. The molecule has 1 saturated carbocycles. The van der Waals surface area contributed by atoms with E-state index in [0.29, 0.717) is 5.69 Å². The van der Waals surface area contributed by atoms with Gasteiger partial charge in [-0.25, -0.2) is 4.98 Å². The first-order valence-electron chi connectivity index (χ1n) is 6.39. The molecule has 0 N–H and O–H groups in total. The molecule has 1 aromatic rings. The number of hydrogen-bond donors (Lipinski definition) is 0. The molecule has 0 aromatic carbocycles. The van der Waals surface area contributed by atoms with Crippen LogP contribution in [0.2, 0.25) is 0 Å². The molecular weight excluding hydrogens is 210 g/mol. The van der Waals surface area contributed by atoms with Gasteiger partial charge in [-0.3, -0.25) is 4.90 Å². The van der Waals surface area contributed by atoms with Gasteiger partial charge >= 0.3 is 0 Å². The van der Waals surface area contributed by atoms with Crippen LogP contribution in [0, 0.1) is 17.2 Å². The molecule has 3 heteroatoms. The Balaban J connectivity index is 1.99. The Morgan fingerprint density at radius 2 is 2.35 bits per heavy atom. The summed E-state index contributed by atoms with van der Waals surface area (Å²) in [6.45, 7) is 5.23. The second kappa shape index (κ2) is 5.79. The lowest BCUT2D eigenvalue weighted by atomic mass is 9.85. The van der Waals surface area contributed by atoms with Gasteiger partial charge in [-0.05, 0) is 31.4 Å². The predicted molar refractivity (Wildman–Crippen MR) is 67.2 cm³/mol. The normalized spacial score (nSPS) is 15.6. The summed E-state index contributed by atoms with van der Waals surface area (Å²) in [6, 6.07) is 6.09. The molecule has 0 radical (unpaired) electrons. The summed E-state index contributed by atoms with van der Waals surface area (Å²) < 4.78 is 0. The minimum Gasteiger partial charge on any atom is -0.299 e. The summed E-state index contributed by atoms with van der Waals surface area (Å²) in [4.78, 5) is 6.53.